The molecule has 16 heavy (non-hydrogen) atoms. The van der Waals surface area contributed by atoms with Crippen molar-refractivity contribution in [3.63, 3.8) is 0 Å². The maximum Gasteiger partial charge on any atom is 0.0692 e. The van der Waals surface area contributed by atoms with Gasteiger partial charge in [0.05, 0.1) is 12.7 Å². The highest BCUT2D eigenvalue weighted by atomic mass is 79.9. The van der Waals surface area contributed by atoms with Crippen LogP contribution in [0.2, 0.25) is 0 Å². The van der Waals surface area contributed by atoms with Gasteiger partial charge in [-0.15, -0.1) is 16.4 Å². The summed E-state index contributed by atoms with van der Waals surface area (Å²) in [5, 5.41) is 11.0. The van der Waals surface area contributed by atoms with E-state index in [1.54, 1.807) is 6.20 Å². The molecule has 86 valence electrons. The molecule has 0 bridgehead atoms. The van der Waals surface area contributed by atoms with Gasteiger partial charge in [0, 0.05) is 33.5 Å². The first-order chi connectivity index (χ1) is 7.75. The normalized spacial score (nSPS) is 10.9. The molecule has 0 atom stereocenters. The van der Waals surface area contributed by atoms with E-state index >= 15 is 0 Å². The standard InChI is InChI=1S/C10H13BrN4S/c1-8-10(11)6-9(16-8)7-12-2-4-15-5-3-13-14-15/h3,5-6,12H,2,4,7H2,1H3. The van der Waals surface area contributed by atoms with Crippen molar-refractivity contribution in [2.75, 3.05) is 6.54 Å². The lowest BCUT2D eigenvalue weighted by atomic mass is 10.4. The average Bonchev–Trinajstić information content (AvgIpc) is 2.85. The maximum absolute atomic E-state index is 3.90. The van der Waals surface area contributed by atoms with Crippen LogP contribution in [-0.4, -0.2) is 21.5 Å². The van der Waals surface area contributed by atoms with Crippen molar-refractivity contribution in [1.82, 2.24) is 20.3 Å². The highest BCUT2D eigenvalue weighted by Gasteiger charge is 2.01. The van der Waals surface area contributed by atoms with E-state index in [2.05, 4.69) is 44.5 Å². The summed E-state index contributed by atoms with van der Waals surface area (Å²) in [6.07, 6.45) is 3.56. The highest BCUT2D eigenvalue weighted by Crippen LogP contribution is 2.25. The van der Waals surface area contributed by atoms with Gasteiger partial charge in [0.15, 0.2) is 0 Å². The number of nitrogens with zero attached hydrogens (tertiary/aromatic N) is 3. The molecule has 0 aliphatic rings. The van der Waals surface area contributed by atoms with Crippen LogP contribution in [0.5, 0.6) is 0 Å². The molecule has 0 saturated heterocycles. The molecule has 0 fully saturated rings. The number of thiophene rings is 1. The molecule has 0 radical (unpaired) electrons. The van der Waals surface area contributed by atoms with Gasteiger partial charge in [-0.05, 0) is 28.9 Å². The lowest BCUT2D eigenvalue weighted by molar-refractivity contribution is 0.542. The predicted octanol–water partition coefficient (Wildman–Crippen LogP) is 2.20. The minimum atomic E-state index is 0.853. The molecule has 0 aromatic carbocycles. The van der Waals surface area contributed by atoms with E-state index in [9.17, 15) is 0 Å². The fraction of sp³-hybridized carbons (Fsp3) is 0.400. The number of hydrogen-bond donors (Lipinski definition) is 1. The Balaban J connectivity index is 1.72. The maximum atomic E-state index is 3.90. The molecule has 6 heteroatoms. The summed E-state index contributed by atoms with van der Waals surface area (Å²) in [5.74, 6) is 0. The van der Waals surface area contributed by atoms with Crippen LogP contribution in [0.4, 0.5) is 0 Å². The molecule has 1 N–H and O–H groups in total. The third-order valence-electron chi connectivity index (χ3n) is 2.20. The van der Waals surface area contributed by atoms with Gasteiger partial charge in [0.2, 0.25) is 0 Å². The molecule has 0 amide bonds. The van der Waals surface area contributed by atoms with E-state index in [0.29, 0.717) is 0 Å². The second kappa shape index (κ2) is 5.56. The first-order valence-corrected chi connectivity index (χ1v) is 6.66. The van der Waals surface area contributed by atoms with Crippen molar-refractivity contribution < 1.29 is 0 Å². The summed E-state index contributed by atoms with van der Waals surface area (Å²) < 4.78 is 3.02. The second-order valence-electron chi connectivity index (χ2n) is 3.46. The predicted molar refractivity (Wildman–Crippen MR) is 68.5 cm³/mol. The van der Waals surface area contributed by atoms with Gasteiger partial charge in [-0.25, -0.2) is 0 Å². The molecule has 2 heterocycles. The molecule has 4 nitrogen and oxygen atoms in total. The molecular weight excluding hydrogens is 288 g/mol. The quantitative estimate of drug-likeness (QED) is 0.861. The number of nitrogens with one attached hydrogen (secondary N) is 1. The molecule has 2 rings (SSSR count). The Hall–Kier alpha value is -0.720. The third-order valence-corrected chi connectivity index (χ3v) is 4.33. The van der Waals surface area contributed by atoms with E-state index in [4.69, 9.17) is 0 Å². The van der Waals surface area contributed by atoms with Crippen LogP contribution < -0.4 is 5.32 Å². The van der Waals surface area contributed by atoms with Crippen LogP contribution in [0.3, 0.4) is 0 Å². The Morgan fingerprint density at radius 1 is 1.56 bits per heavy atom. The van der Waals surface area contributed by atoms with Crippen molar-refractivity contribution in [3.8, 4) is 0 Å². The van der Waals surface area contributed by atoms with E-state index < -0.39 is 0 Å². The van der Waals surface area contributed by atoms with Crippen molar-refractivity contribution in [2.24, 2.45) is 0 Å². The third kappa shape index (κ3) is 3.13. The minimum Gasteiger partial charge on any atom is -0.310 e. The Morgan fingerprint density at radius 3 is 3.06 bits per heavy atom. The van der Waals surface area contributed by atoms with Crippen LogP contribution in [0.25, 0.3) is 0 Å². The number of halogens is 1. The van der Waals surface area contributed by atoms with Crippen LogP contribution in [0.15, 0.2) is 22.9 Å². The summed E-state index contributed by atoms with van der Waals surface area (Å²) in [5.41, 5.74) is 0. The van der Waals surface area contributed by atoms with Crippen molar-refractivity contribution in [3.05, 3.63) is 32.7 Å². The lowest BCUT2D eigenvalue weighted by Gasteiger charge is -2.02. The Kier molecular flexibility index (Phi) is 4.09. The zero-order valence-corrected chi connectivity index (χ0v) is 11.4. The molecule has 0 unspecified atom stereocenters. The summed E-state index contributed by atoms with van der Waals surface area (Å²) in [6.45, 7) is 4.78. The lowest BCUT2D eigenvalue weighted by Crippen LogP contribution is -2.19. The molecule has 0 spiro atoms. The van der Waals surface area contributed by atoms with Crippen LogP contribution in [0.1, 0.15) is 9.75 Å². The van der Waals surface area contributed by atoms with Gasteiger partial charge >= 0.3 is 0 Å². The molecule has 2 aromatic rings. The Bertz CT molecular complexity index is 418. The minimum absolute atomic E-state index is 0.853. The number of aromatic nitrogens is 3. The van der Waals surface area contributed by atoms with Crippen LogP contribution in [-0.2, 0) is 13.1 Å². The largest absolute Gasteiger partial charge is 0.310 e. The van der Waals surface area contributed by atoms with Crippen molar-refractivity contribution >= 4 is 27.3 Å². The number of rotatable bonds is 5. The molecule has 0 aliphatic carbocycles. The van der Waals surface area contributed by atoms with Gasteiger partial charge < -0.3 is 5.32 Å². The van der Waals surface area contributed by atoms with Gasteiger partial charge in [-0.1, -0.05) is 5.21 Å². The summed E-state index contributed by atoms with van der Waals surface area (Å²) in [6, 6.07) is 2.17. The van der Waals surface area contributed by atoms with E-state index in [1.165, 1.54) is 14.2 Å². The summed E-state index contributed by atoms with van der Waals surface area (Å²) in [4.78, 5) is 2.68. The van der Waals surface area contributed by atoms with Crippen LogP contribution in [0, 0.1) is 6.92 Å². The summed E-state index contributed by atoms with van der Waals surface area (Å²) >= 11 is 5.33. The van der Waals surface area contributed by atoms with Gasteiger partial charge in [0.1, 0.15) is 0 Å². The van der Waals surface area contributed by atoms with Gasteiger partial charge in [0.25, 0.3) is 0 Å². The van der Waals surface area contributed by atoms with E-state index in [0.717, 1.165) is 19.6 Å². The number of aryl methyl sites for hydroxylation is 1. The van der Waals surface area contributed by atoms with Crippen molar-refractivity contribution in [2.45, 2.75) is 20.0 Å². The van der Waals surface area contributed by atoms with E-state index in [1.807, 2.05) is 22.2 Å². The topological polar surface area (TPSA) is 42.7 Å². The Labute approximate surface area is 107 Å². The fourth-order valence-electron chi connectivity index (χ4n) is 1.36. The highest BCUT2D eigenvalue weighted by molar-refractivity contribution is 9.10. The fourth-order valence-corrected chi connectivity index (χ4v) is 2.93. The summed E-state index contributed by atoms with van der Waals surface area (Å²) in [7, 11) is 0. The smallest absolute Gasteiger partial charge is 0.0692 e. The zero-order chi connectivity index (χ0) is 11.4. The van der Waals surface area contributed by atoms with Crippen molar-refractivity contribution in [1.29, 1.82) is 0 Å². The van der Waals surface area contributed by atoms with Gasteiger partial charge in [-0.2, -0.15) is 0 Å². The second-order valence-corrected chi connectivity index (χ2v) is 5.65. The SMILES string of the molecule is Cc1sc(CNCCn2ccnn2)cc1Br. The first kappa shape index (κ1) is 11.8. The van der Waals surface area contributed by atoms with E-state index in [-0.39, 0.29) is 0 Å². The average molecular weight is 301 g/mol. The van der Waals surface area contributed by atoms with Crippen LogP contribution >= 0.6 is 27.3 Å². The molecule has 2 aromatic heterocycles. The molecular formula is C10H13BrN4S. The Morgan fingerprint density at radius 2 is 2.44 bits per heavy atom. The van der Waals surface area contributed by atoms with Gasteiger partial charge in [-0.3, -0.25) is 4.68 Å². The molecule has 0 aliphatic heterocycles. The first-order valence-electron chi connectivity index (χ1n) is 5.05. The monoisotopic (exact) mass is 300 g/mol. The zero-order valence-electron chi connectivity index (χ0n) is 8.98. The number of hydrogen-bond acceptors (Lipinski definition) is 4. The molecule has 0 saturated carbocycles.